The van der Waals surface area contributed by atoms with Crippen molar-refractivity contribution in [2.45, 2.75) is 37.5 Å². The van der Waals surface area contributed by atoms with Crippen LogP contribution in [0.3, 0.4) is 0 Å². The molecule has 3 heterocycles. The number of benzene rings is 1. The second-order valence-corrected chi connectivity index (χ2v) is 6.69. The predicted molar refractivity (Wildman–Crippen MR) is 96.8 cm³/mol. The number of hydrogen-bond acceptors (Lipinski definition) is 8. The third-order valence-corrected chi connectivity index (χ3v) is 4.87. The van der Waals surface area contributed by atoms with Gasteiger partial charge in [0.2, 0.25) is 0 Å². The maximum atomic E-state index is 13.1. The number of halogens is 1. The molecule has 2 unspecified atom stereocenters. The number of imidazole rings is 1. The van der Waals surface area contributed by atoms with Gasteiger partial charge in [0.15, 0.2) is 23.2 Å². The monoisotopic (exact) mass is 389 g/mol. The van der Waals surface area contributed by atoms with Crippen molar-refractivity contribution in [2.24, 2.45) is 0 Å². The molecule has 1 aliphatic heterocycles. The largest absolute Gasteiger partial charge is 0.394 e. The van der Waals surface area contributed by atoms with Gasteiger partial charge in [-0.25, -0.2) is 19.3 Å². The zero-order chi connectivity index (χ0) is 19.8. The summed E-state index contributed by atoms with van der Waals surface area (Å²) in [7, 11) is 0. The van der Waals surface area contributed by atoms with Crippen LogP contribution in [0.2, 0.25) is 0 Å². The molecular formula is C18H20FN5O4. The van der Waals surface area contributed by atoms with Crippen LogP contribution in [0.15, 0.2) is 36.9 Å². The second kappa shape index (κ2) is 7.40. The third-order valence-electron chi connectivity index (χ3n) is 4.87. The van der Waals surface area contributed by atoms with E-state index in [0.717, 1.165) is 5.56 Å². The summed E-state index contributed by atoms with van der Waals surface area (Å²) >= 11 is 0. The Morgan fingerprint density at radius 2 is 1.93 bits per heavy atom. The quantitative estimate of drug-likeness (QED) is 0.504. The Morgan fingerprint density at radius 3 is 2.61 bits per heavy atom. The Bertz CT molecular complexity index is 966. The highest BCUT2D eigenvalue weighted by molar-refractivity contribution is 5.82. The number of fused-ring (bicyclic) bond motifs is 1. The van der Waals surface area contributed by atoms with Crippen LogP contribution in [0.4, 0.5) is 10.2 Å². The third kappa shape index (κ3) is 3.20. The van der Waals surface area contributed by atoms with Crippen molar-refractivity contribution in [2.75, 3.05) is 11.9 Å². The lowest BCUT2D eigenvalue weighted by Gasteiger charge is -2.17. The van der Waals surface area contributed by atoms with Crippen LogP contribution in [-0.2, 0) is 4.74 Å². The van der Waals surface area contributed by atoms with E-state index in [1.807, 2.05) is 6.92 Å². The molecule has 0 saturated carbocycles. The van der Waals surface area contributed by atoms with Crippen molar-refractivity contribution in [1.82, 2.24) is 19.5 Å². The summed E-state index contributed by atoms with van der Waals surface area (Å²) in [4.78, 5) is 12.8. The van der Waals surface area contributed by atoms with Gasteiger partial charge in [-0.05, 0) is 24.6 Å². The van der Waals surface area contributed by atoms with Crippen LogP contribution in [0.5, 0.6) is 0 Å². The van der Waals surface area contributed by atoms with E-state index < -0.39 is 31.1 Å². The van der Waals surface area contributed by atoms with Gasteiger partial charge in [-0.3, -0.25) is 4.57 Å². The number of aliphatic hydroxyl groups excluding tert-OH is 3. The molecule has 1 aliphatic rings. The van der Waals surface area contributed by atoms with E-state index >= 15 is 0 Å². The molecule has 10 heteroatoms. The van der Waals surface area contributed by atoms with E-state index in [1.165, 1.54) is 29.4 Å². The number of nitrogens with zero attached hydrogens (tertiary/aromatic N) is 4. The average molecular weight is 389 g/mol. The summed E-state index contributed by atoms with van der Waals surface area (Å²) in [5.41, 5.74) is 1.73. The van der Waals surface area contributed by atoms with Gasteiger partial charge in [0.1, 0.15) is 30.5 Å². The van der Waals surface area contributed by atoms with Gasteiger partial charge in [-0.2, -0.15) is 0 Å². The minimum absolute atomic E-state index is 0.169. The molecule has 1 saturated heterocycles. The highest BCUT2D eigenvalue weighted by atomic mass is 19.1. The number of nitrogens with one attached hydrogen (secondary N) is 1. The molecule has 0 radical (unpaired) electrons. The normalized spacial score (nSPS) is 25.9. The summed E-state index contributed by atoms with van der Waals surface area (Å²) in [5.74, 6) is 0.157. The van der Waals surface area contributed by atoms with Gasteiger partial charge >= 0.3 is 0 Å². The fourth-order valence-corrected chi connectivity index (χ4v) is 3.29. The molecule has 2 aromatic heterocycles. The lowest BCUT2D eigenvalue weighted by atomic mass is 10.1. The SMILES string of the molecule is C[C@H](Nc1ncnc2c1ncn2[C@@H]1O[C@H](CO)C(O)C1O)c1ccc(F)cc1. The van der Waals surface area contributed by atoms with Gasteiger partial charge in [-0.1, -0.05) is 12.1 Å². The van der Waals surface area contributed by atoms with E-state index in [2.05, 4.69) is 20.3 Å². The molecule has 0 spiro atoms. The summed E-state index contributed by atoms with van der Waals surface area (Å²) in [6.45, 7) is 1.49. The van der Waals surface area contributed by atoms with E-state index in [-0.39, 0.29) is 11.9 Å². The molecule has 0 bridgehead atoms. The van der Waals surface area contributed by atoms with Gasteiger partial charge in [-0.15, -0.1) is 0 Å². The van der Waals surface area contributed by atoms with Crippen molar-refractivity contribution in [3.05, 3.63) is 48.3 Å². The first-order chi connectivity index (χ1) is 13.5. The van der Waals surface area contributed by atoms with Gasteiger partial charge in [0, 0.05) is 0 Å². The van der Waals surface area contributed by atoms with Crippen molar-refractivity contribution < 1.29 is 24.4 Å². The molecule has 3 aromatic rings. The number of ether oxygens (including phenoxy) is 1. The zero-order valence-corrected chi connectivity index (χ0v) is 15.0. The minimum atomic E-state index is -1.24. The smallest absolute Gasteiger partial charge is 0.167 e. The maximum Gasteiger partial charge on any atom is 0.167 e. The molecule has 0 aliphatic carbocycles. The van der Waals surface area contributed by atoms with Crippen molar-refractivity contribution in [1.29, 1.82) is 0 Å². The van der Waals surface area contributed by atoms with Crippen LogP contribution in [-0.4, -0.2) is 59.8 Å². The molecule has 5 atom stereocenters. The van der Waals surface area contributed by atoms with E-state index in [1.54, 1.807) is 12.1 Å². The lowest BCUT2D eigenvalue weighted by Crippen LogP contribution is -2.33. The topological polar surface area (TPSA) is 126 Å². The Kier molecular flexibility index (Phi) is 4.94. The van der Waals surface area contributed by atoms with Crippen LogP contribution in [0.25, 0.3) is 11.2 Å². The predicted octanol–water partition coefficient (Wildman–Crippen LogP) is 0.750. The number of aromatic nitrogens is 4. The molecule has 9 nitrogen and oxygen atoms in total. The number of anilines is 1. The van der Waals surface area contributed by atoms with Crippen molar-refractivity contribution >= 4 is 17.0 Å². The highest BCUT2D eigenvalue weighted by Gasteiger charge is 2.44. The molecular weight excluding hydrogens is 369 g/mol. The van der Waals surface area contributed by atoms with Gasteiger partial charge in [0.05, 0.1) is 19.0 Å². The first kappa shape index (κ1) is 18.7. The van der Waals surface area contributed by atoms with E-state index in [9.17, 15) is 19.7 Å². The number of rotatable bonds is 5. The van der Waals surface area contributed by atoms with Crippen LogP contribution in [0.1, 0.15) is 24.8 Å². The Morgan fingerprint density at radius 1 is 1.18 bits per heavy atom. The summed E-state index contributed by atoms with van der Waals surface area (Å²) in [5, 5.41) is 32.7. The molecule has 0 amide bonds. The van der Waals surface area contributed by atoms with Crippen molar-refractivity contribution in [3.63, 3.8) is 0 Å². The van der Waals surface area contributed by atoms with Gasteiger partial charge < -0.3 is 25.4 Å². The molecule has 1 aromatic carbocycles. The fraction of sp³-hybridized carbons (Fsp3) is 0.389. The highest BCUT2D eigenvalue weighted by Crippen LogP contribution is 2.32. The summed E-state index contributed by atoms with van der Waals surface area (Å²) < 4.78 is 20.2. The van der Waals surface area contributed by atoms with Gasteiger partial charge in [0.25, 0.3) is 0 Å². The maximum absolute atomic E-state index is 13.1. The standard InChI is InChI=1S/C18H20FN5O4/c1-9(10-2-4-11(19)5-3-10)23-16-13-17(21-7-20-16)24(8-22-13)18-15(27)14(26)12(6-25)28-18/h2-5,7-9,12,14-15,18,25-27H,6H2,1H3,(H,20,21,23)/t9-,12+,14?,15?,18+/m0/s1. The molecule has 148 valence electrons. The second-order valence-electron chi connectivity index (χ2n) is 6.69. The zero-order valence-electron chi connectivity index (χ0n) is 15.0. The molecule has 1 fully saturated rings. The Labute approximate surface area is 159 Å². The average Bonchev–Trinajstić information content (AvgIpc) is 3.24. The van der Waals surface area contributed by atoms with Crippen LogP contribution in [0, 0.1) is 5.82 Å². The summed E-state index contributed by atoms with van der Waals surface area (Å²) in [6, 6.07) is 5.98. The molecule has 28 heavy (non-hydrogen) atoms. The Hall–Kier alpha value is -2.66. The number of hydrogen-bond donors (Lipinski definition) is 4. The van der Waals surface area contributed by atoms with Crippen molar-refractivity contribution in [3.8, 4) is 0 Å². The fourth-order valence-electron chi connectivity index (χ4n) is 3.29. The first-order valence-electron chi connectivity index (χ1n) is 8.81. The van der Waals surface area contributed by atoms with E-state index in [0.29, 0.717) is 17.0 Å². The molecule has 4 rings (SSSR count). The number of aliphatic hydroxyl groups is 3. The van der Waals surface area contributed by atoms with E-state index in [4.69, 9.17) is 4.74 Å². The minimum Gasteiger partial charge on any atom is -0.394 e. The summed E-state index contributed by atoms with van der Waals surface area (Å²) in [6.07, 6.45) is -1.50. The first-order valence-corrected chi connectivity index (χ1v) is 8.81. The Balaban J connectivity index is 1.63. The van der Waals surface area contributed by atoms with Crippen LogP contribution < -0.4 is 5.32 Å². The van der Waals surface area contributed by atoms with Crippen LogP contribution >= 0.6 is 0 Å². The molecule has 4 N–H and O–H groups in total. The lowest BCUT2D eigenvalue weighted by molar-refractivity contribution is -0.0511.